The highest BCUT2D eigenvalue weighted by molar-refractivity contribution is 6.08. The molecule has 1 saturated heterocycles. The molecule has 470 valence electrons. The van der Waals surface area contributed by atoms with Crippen LogP contribution in [0.4, 0.5) is 34.1 Å². The first-order valence-electron chi connectivity index (χ1n) is 27.6. The van der Waals surface area contributed by atoms with Crippen LogP contribution in [0.15, 0.2) is 86.0 Å². The van der Waals surface area contributed by atoms with Crippen LogP contribution in [0.5, 0.6) is 0 Å². The number of hydrogen-bond acceptors (Lipinski definition) is 15. The van der Waals surface area contributed by atoms with Gasteiger partial charge in [-0.2, -0.15) is 0 Å². The highest BCUT2D eigenvalue weighted by atomic mass is 16.3. The molecule has 0 saturated carbocycles. The van der Waals surface area contributed by atoms with E-state index in [1.54, 1.807) is 70.0 Å². The van der Waals surface area contributed by atoms with Crippen LogP contribution < -0.4 is 70.0 Å². The van der Waals surface area contributed by atoms with Crippen LogP contribution in [0.3, 0.4) is 0 Å². The molecule has 89 heavy (non-hydrogen) atoms. The number of imidazole rings is 1. The van der Waals surface area contributed by atoms with Gasteiger partial charge in [0.1, 0.15) is 40.3 Å². The van der Waals surface area contributed by atoms with E-state index in [1.807, 2.05) is 0 Å². The molecule has 33 nitrogen and oxygen atoms in total. The number of carbonyl (C=O) groups excluding carboxylic acids is 11. The Labute approximate surface area is 507 Å². The zero-order chi connectivity index (χ0) is 64.5. The predicted molar refractivity (Wildman–Crippen MR) is 323 cm³/mol. The summed E-state index contributed by atoms with van der Waals surface area (Å²) in [6.45, 7) is -0.176. The van der Waals surface area contributed by atoms with Crippen molar-refractivity contribution >= 4 is 99.1 Å². The van der Waals surface area contributed by atoms with Gasteiger partial charge in [-0.05, 0) is 49.2 Å². The fraction of sp³-hybridized carbons (Fsp3) is 0.321. The lowest BCUT2D eigenvalue weighted by Crippen LogP contribution is -2.39. The number of hydrogen-bond donors (Lipinski definition) is 14. The Kier molecular flexibility index (Phi) is 19.8. The Morgan fingerprint density at radius 1 is 0.539 bits per heavy atom. The fourth-order valence-electron chi connectivity index (χ4n) is 9.68. The SMILES string of the molecule is Cn1cc(NC(=O)c2cc(NC(=O)c3cc(NC(=O)[C@@H](O)CNC(=O)c4cc(NC(=O)[C@H](N)CCNC(=O)c5cc(NC(=O)[C@@H]6C[C@H](NC(=O)CCNC(=O)c7cc(NC(=O)c8nccn8C)cn7C)CN6)cn5C)cn4C)cn3C)cn2C)cc1C(N)=O. The van der Waals surface area contributed by atoms with E-state index in [0.717, 1.165) is 0 Å². The molecule has 8 heterocycles. The van der Waals surface area contributed by atoms with Gasteiger partial charge in [-0.15, -0.1) is 0 Å². The van der Waals surface area contributed by atoms with E-state index in [0.29, 0.717) is 23.6 Å². The Morgan fingerprint density at radius 3 is 1.43 bits per heavy atom. The second-order valence-electron chi connectivity index (χ2n) is 21.2. The van der Waals surface area contributed by atoms with E-state index >= 15 is 0 Å². The van der Waals surface area contributed by atoms with Crippen molar-refractivity contribution in [1.82, 2.24) is 63.5 Å². The summed E-state index contributed by atoms with van der Waals surface area (Å²) < 4.78 is 10.4. The molecule has 1 fully saturated rings. The number of anilines is 6. The van der Waals surface area contributed by atoms with Gasteiger partial charge in [-0.1, -0.05) is 0 Å². The zero-order valence-electron chi connectivity index (χ0n) is 49.5. The van der Waals surface area contributed by atoms with Crippen molar-refractivity contribution in [3.63, 3.8) is 0 Å². The van der Waals surface area contributed by atoms with Crippen molar-refractivity contribution in [1.29, 1.82) is 0 Å². The number of aryl methyl sites for hydroxylation is 7. The average molecular weight is 1230 g/mol. The monoisotopic (exact) mass is 1230 g/mol. The summed E-state index contributed by atoms with van der Waals surface area (Å²) >= 11 is 0. The molecule has 1 aliphatic heterocycles. The maximum atomic E-state index is 13.3. The van der Waals surface area contributed by atoms with Gasteiger partial charge in [0.05, 0.1) is 52.8 Å². The van der Waals surface area contributed by atoms with Gasteiger partial charge in [0, 0.05) is 131 Å². The molecule has 0 bridgehead atoms. The second-order valence-corrected chi connectivity index (χ2v) is 21.2. The van der Waals surface area contributed by atoms with Gasteiger partial charge >= 0.3 is 0 Å². The van der Waals surface area contributed by atoms with Crippen LogP contribution in [0.1, 0.15) is 92.8 Å². The van der Waals surface area contributed by atoms with Crippen molar-refractivity contribution in [2.45, 2.75) is 43.5 Å². The lowest BCUT2D eigenvalue weighted by atomic mass is 10.1. The standard InChI is InChI=1S/C56H69N21O12/c1-71-13-12-59-47(71)56(89)70-35-18-40(74(4)28-35)51(84)61-11-9-45(79)64-29-14-37(62-21-29)49(82)66-32-17-39(73(3)25-32)50(83)60-10-8-36(57)48(81)65-31-16-41(75(5)24-31)52(85)63-22-44(78)55(88)69-34-20-43(77(7)27-34)54(87)68-33-19-42(76(6)26-33)53(86)67-30-15-38(46(58)80)72(2)23-30/h12-13,15-20,23-29,36-37,44,62,78H,8-11,14,21-22,57H2,1-7H3,(H2,58,80)(H,60,83)(H,61,84)(H,63,85)(H,64,79)(H,65,81)(H,66,82)(H,67,86)(H,68,87)(H,69,88)(H,70,89)/t29-,36+,37-,44-/m0/s1. The Bertz CT molecular complexity index is 3910. The molecule has 0 unspecified atom stereocenters. The number of aromatic nitrogens is 8. The topological polar surface area (TPSA) is 440 Å². The third-order valence-corrected chi connectivity index (χ3v) is 14.3. The molecular formula is C56H69N21O12. The number of aliphatic hydroxyl groups is 1. The summed E-state index contributed by atoms with van der Waals surface area (Å²) in [5.74, 6) is -5.89. The van der Waals surface area contributed by atoms with Crippen molar-refractivity contribution < 1.29 is 57.8 Å². The van der Waals surface area contributed by atoms with Crippen molar-refractivity contribution in [2.75, 3.05) is 58.1 Å². The number of aliphatic hydroxyl groups excluding tert-OH is 1. The first kappa shape index (κ1) is 63.9. The number of nitrogens with zero attached hydrogens (tertiary/aromatic N) is 8. The van der Waals surface area contributed by atoms with Gasteiger partial charge < -0.3 is 107 Å². The predicted octanol–water partition coefficient (Wildman–Crippen LogP) is -1.27. The van der Waals surface area contributed by atoms with E-state index in [4.69, 9.17) is 11.5 Å². The number of nitrogens with two attached hydrogens (primary N) is 2. The maximum Gasteiger partial charge on any atom is 0.291 e. The van der Waals surface area contributed by atoms with Crippen molar-refractivity contribution in [2.24, 2.45) is 60.8 Å². The number of rotatable bonds is 25. The summed E-state index contributed by atoms with van der Waals surface area (Å²) in [5, 5.41) is 40.5. The Hall–Kier alpha value is -11.1. The van der Waals surface area contributed by atoms with Gasteiger partial charge in [0.15, 0.2) is 5.82 Å². The summed E-state index contributed by atoms with van der Waals surface area (Å²) in [6.07, 6.45) is 10.7. The molecular weight excluding hydrogens is 1160 g/mol. The van der Waals surface area contributed by atoms with Crippen LogP contribution in [-0.4, -0.2) is 157 Å². The number of primary amides is 1. The van der Waals surface area contributed by atoms with Gasteiger partial charge in [0.2, 0.25) is 17.7 Å². The summed E-state index contributed by atoms with van der Waals surface area (Å²) in [4.78, 5) is 146. The largest absolute Gasteiger partial charge is 0.381 e. The molecule has 0 spiro atoms. The first-order valence-corrected chi connectivity index (χ1v) is 27.6. The van der Waals surface area contributed by atoms with Crippen LogP contribution in [0, 0.1) is 0 Å². The third kappa shape index (κ3) is 15.9. The summed E-state index contributed by atoms with van der Waals surface area (Å²) in [6, 6.07) is 6.47. The molecule has 16 N–H and O–H groups in total. The molecule has 8 rings (SSSR count). The van der Waals surface area contributed by atoms with Crippen LogP contribution in [0.25, 0.3) is 0 Å². The minimum Gasteiger partial charge on any atom is -0.381 e. The lowest BCUT2D eigenvalue weighted by Gasteiger charge is -2.13. The zero-order valence-corrected chi connectivity index (χ0v) is 49.5. The lowest BCUT2D eigenvalue weighted by molar-refractivity contribution is -0.124. The van der Waals surface area contributed by atoms with Crippen LogP contribution >= 0.6 is 0 Å². The Balaban J connectivity index is 0.706. The van der Waals surface area contributed by atoms with Gasteiger partial charge in [-0.25, -0.2) is 4.98 Å². The minimum absolute atomic E-state index is 0.00852. The Morgan fingerprint density at radius 2 is 0.955 bits per heavy atom. The molecule has 7 aromatic heterocycles. The van der Waals surface area contributed by atoms with Crippen LogP contribution in [-0.2, 0) is 68.5 Å². The first-order chi connectivity index (χ1) is 42.2. The molecule has 0 aliphatic carbocycles. The van der Waals surface area contributed by atoms with Gasteiger partial charge in [-0.3, -0.25) is 52.7 Å². The van der Waals surface area contributed by atoms with E-state index in [2.05, 4.69) is 63.5 Å². The number of amides is 11. The van der Waals surface area contributed by atoms with E-state index in [1.165, 1.54) is 97.3 Å². The number of nitrogens with one attached hydrogen (secondary N) is 11. The highest BCUT2D eigenvalue weighted by Gasteiger charge is 2.31. The van der Waals surface area contributed by atoms with Crippen LogP contribution in [0.2, 0.25) is 0 Å². The highest BCUT2D eigenvalue weighted by Crippen LogP contribution is 2.22. The maximum absolute atomic E-state index is 13.3. The van der Waals surface area contributed by atoms with E-state index in [-0.39, 0.29) is 107 Å². The van der Waals surface area contributed by atoms with Crippen molar-refractivity contribution in [3.05, 3.63) is 126 Å². The minimum atomic E-state index is -1.73. The normalized spacial score (nSPS) is 14.2. The van der Waals surface area contributed by atoms with E-state index < -0.39 is 77.9 Å². The molecule has 0 aromatic carbocycles. The smallest absolute Gasteiger partial charge is 0.291 e. The molecule has 11 amide bonds. The van der Waals surface area contributed by atoms with E-state index in [9.17, 15) is 57.8 Å². The van der Waals surface area contributed by atoms with Gasteiger partial charge in [0.25, 0.3) is 47.3 Å². The summed E-state index contributed by atoms with van der Waals surface area (Å²) in [5.41, 5.74) is 14.3. The second kappa shape index (κ2) is 27.5. The quantitative estimate of drug-likeness (QED) is 0.0317. The molecule has 7 aromatic rings. The molecule has 33 heteroatoms. The number of carbonyl (C=O) groups is 11. The third-order valence-electron chi connectivity index (χ3n) is 14.3. The summed E-state index contributed by atoms with van der Waals surface area (Å²) in [7, 11) is 11.2. The molecule has 4 atom stereocenters. The van der Waals surface area contributed by atoms with Crippen molar-refractivity contribution in [3.8, 4) is 0 Å². The molecule has 0 radical (unpaired) electrons. The average Bonchev–Trinajstić information content (AvgIpc) is 2.80. The fourth-order valence-corrected chi connectivity index (χ4v) is 9.68. The molecule has 1 aliphatic rings.